The molecule has 2 rings (SSSR count). The van der Waals surface area contributed by atoms with Crippen LogP contribution in [0.1, 0.15) is 22.1 Å². The van der Waals surface area contributed by atoms with Gasteiger partial charge in [0.25, 0.3) is 5.91 Å². The second-order valence-electron chi connectivity index (χ2n) is 5.13. The summed E-state index contributed by atoms with van der Waals surface area (Å²) in [6.07, 6.45) is 0. The van der Waals surface area contributed by atoms with Crippen LogP contribution in [0.4, 0.5) is 0 Å². The number of amides is 1. The van der Waals surface area contributed by atoms with Crippen molar-refractivity contribution in [2.24, 2.45) is 0 Å². The van der Waals surface area contributed by atoms with E-state index in [1.165, 1.54) is 6.07 Å². The lowest BCUT2D eigenvalue weighted by Crippen LogP contribution is -2.36. The number of aromatic nitrogens is 1. The lowest BCUT2D eigenvalue weighted by atomic mass is 10.1. The Balaban J connectivity index is 2.19. The van der Waals surface area contributed by atoms with Gasteiger partial charge in [-0.1, -0.05) is 36.4 Å². The summed E-state index contributed by atoms with van der Waals surface area (Å²) in [4.78, 5) is 28.1. The molecule has 1 heterocycles. The van der Waals surface area contributed by atoms with E-state index < -0.39 is 0 Å². The third-order valence-electron chi connectivity index (χ3n) is 3.07. The summed E-state index contributed by atoms with van der Waals surface area (Å²) < 4.78 is 0. The number of H-pyrrole nitrogens is 1. The van der Waals surface area contributed by atoms with Gasteiger partial charge in [0.05, 0.1) is 6.04 Å². The number of nitrogens with one attached hydrogen (secondary N) is 2. The predicted molar refractivity (Wildman–Crippen MR) is 82.3 cm³/mol. The Morgan fingerprint density at radius 1 is 1.14 bits per heavy atom. The van der Waals surface area contributed by atoms with Crippen molar-refractivity contribution in [2.45, 2.75) is 6.04 Å². The molecule has 1 amide bonds. The van der Waals surface area contributed by atoms with E-state index in [1.807, 2.05) is 49.3 Å². The molecule has 1 aromatic carbocycles. The number of carbonyl (C=O) groups excluding carboxylic acids is 1. The molecule has 0 spiro atoms. The number of nitrogens with zero attached hydrogens (tertiary/aromatic N) is 1. The summed E-state index contributed by atoms with van der Waals surface area (Å²) in [5, 5.41) is 2.96. The highest BCUT2D eigenvalue weighted by atomic mass is 16.2. The van der Waals surface area contributed by atoms with E-state index in [0.717, 1.165) is 5.56 Å². The van der Waals surface area contributed by atoms with E-state index in [9.17, 15) is 9.59 Å². The van der Waals surface area contributed by atoms with Crippen molar-refractivity contribution in [3.05, 3.63) is 70.1 Å². The average molecular weight is 285 g/mol. The highest BCUT2D eigenvalue weighted by Crippen LogP contribution is 2.13. The molecule has 1 atom stereocenters. The molecular weight excluding hydrogens is 266 g/mol. The third kappa shape index (κ3) is 4.29. The topological polar surface area (TPSA) is 65.2 Å². The molecule has 0 aliphatic rings. The molecule has 21 heavy (non-hydrogen) atoms. The minimum atomic E-state index is -0.289. The highest BCUT2D eigenvalue weighted by Gasteiger charge is 2.16. The maximum absolute atomic E-state index is 12.3. The zero-order chi connectivity index (χ0) is 15.2. The van der Waals surface area contributed by atoms with Crippen LogP contribution in [-0.2, 0) is 0 Å². The van der Waals surface area contributed by atoms with E-state index in [0.29, 0.717) is 6.54 Å². The van der Waals surface area contributed by atoms with Crippen LogP contribution in [0.2, 0.25) is 0 Å². The second kappa shape index (κ2) is 6.85. The van der Waals surface area contributed by atoms with E-state index >= 15 is 0 Å². The van der Waals surface area contributed by atoms with Gasteiger partial charge < -0.3 is 15.2 Å². The van der Waals surface area contributed by atoms with Crippen molar-refractivity contribution in [2.75, 3.05) is 20.6 Å². The molecule has 1 aromatic heterocycles. The summed E-state index contributed by atoms with van der Waals surface area (Å²) >= 11 is 0. The van der Waals surface area contributed by atoms with Gasteiger partial charge in [-0.25, -0.2) is 0 Å². The number of carbonyl (C=O) groups is 1. The van der Waals surface area contributed by atoms with Gasteiger partial charge in [0.15, 0.2) is 0 Å². The predicted octanol–water partition coefficient (Wildman–Crippen LogP) is 1.41. The Hall–Kier alpha value is -2.40. The molecule has 5 heteroatoms. The van der Waals surface area contributed by atoms with Crippen LogP contribution in [-0.4, -0.2) is 36.4 Å². The molecule has 0 bridgehead atoms. The van der Waals surface area contributed by atoms with Gasteiger partial charge in [-0.3, -0.25) is 9.59 Å². The maximum atomic E-state index is 12.3. The molecule has 110 valence electrons. The Kier molecular flexibility index (Phi) is 4.90. The zero-order valence-corrected chi connectivity index (χ0v) is 12.2. The molecular formula is C16H19N3O2. The molecule has 0 fully saturated rings. The molecule has 5 nitrogen and oxygen atoms in total. The standard InChI is InChI=1S/C16H19N3O2/c1-19(2)11-14(12-7-4-3-5-8-12)18-16(21)13-9-6-10-15(20)17-13/h3-10,14H,11H2,1-2H3,(H,17,20)(H,18,21). The molecule has 0 saturated carbocycles. The van der Waals surface area contributed by atoms with E-state index in [-0.39, 0.29) is 23.2 Å². The van der Waals surface area contributed by atoms with Gasteiger partial charge in [0.1, 0.15) is 5.69 Å². The minimum absolute atomic E-state index is 0.141. The van der Waals surface area contributed by atoms with Crippen molar-refractivity contribution in [1.82, 2.24) is 15.2 Å². The fourth-order valence-corrected chi connectivity index (χ4v) is 2.10. The Morgan fingerprint density at radius 3 is 2.48 bits per heavy atom. The molecule has 1 unspecified atom stereocenters. The quantitative estimate of drug-likeness (QED) is 0.873. The first kappa shape index (κ1) is 15.0. The van der Waals surface area contributed by atoms with Crippen molar-refractivity contribution >= 4 is 5.91 Å². The summed E-state index contributed by atoms with van der Waals surface area (Å²) in [6.45, 7) is 0.673. The lowest BCUT2D eigenvalue weighted by molar-refractivity contribution is 0.0924. The largest absolute Gasteiger partial charge is 0.343 e. The first-order valence-electron chi connectivity index (χ1n) is 6.76. The summed E-state index contributed by atoms with van der Waals surface area (Å²) in [6, 6.07) is 14.2. The molecule has 0 radical (unpaired) electrons. The number of benzene rings is 1. The van der Waals surface area contributed by atoms with Crippen molar-refractivity contribution in [1.29, 1.82) is 0 Å². The first-order chi connectivity index (χ1) is 10.1. The van der Waals surface area contributed by atoms with Crippen molar-refractivity contribution in [3.63, 3.8) is 0 Å². The Bertz CT molecular complexity index is 650. The summed E-state index contributed by atoms with van der Waals surface area (Å²) in [5.41, 5.74) is 1.01. The van der Waals surface area contributed by atoms with Gasteiger partial charge >= 0.3 is 0 Å². The van der Waals surface area contributed by atoms with E-state index in [2.05, 4.69) is 10.3 Å². The number of pyridine rings is 1. The maximum Gasteiger partial charge on any atom is 0.268 e. The number of hydrogen-bond donors (Lipinski definition) is 2. The highest BCUT2D eigenvalue weighted by molar-refractivity contribution is 5.92. The zero-order valence-electron chi connectivity index (χ0n) is 12.2. The van der Waals surface area contributed by atoms with Crippen LogP contribution >= 0.6 is 0 Å². The van der Waals surface area contributed by atoms with Gasteiger partial charge in [-0.05, 0) is 25.7 Å². The molecule has 2 aromatic rings. The number of aromatic amines is 1. The van der Waals surface area contributed by atoms with Crippen molar-refractivity contribution in [3.8, 4) is 0 Å². The Labute approximate surface area is 123 Å². The minimum Gasteiger partial charge on any atom is -0.343 e. The summed E-state index contributed by atoms with van der Waals surface area (Å²) in [5.74, 6) is -0.289. The Morgan fingerprint density at radius 2 is 1.86 bits per heavy atom. The molecule has 0 aliphatic carbocycles. The molecule has 0 saturated heterocycles. The SMILES string of the molecule is CN(C)CC(NC(=O)c1cccc(=O)[nH]1)c1ccccc1. The summed E-state index contributed by atoms with van der Waals surface area (Å²) in [7, 11) is 3.90. The smallest absolute Gasteiger partial charge is 0.268 e. The second-order valence-corrected chi connectivity index (χ2v) is 5.13. The first-order valence-corrected chi connectivity index (χ1v) is 6.76. The third-order valence-corrected chi connectivity index (χ3v) is 3.07. The fourth-order valence-electron chi connectivity index (χ4n) is 2.10. The molecule has 2 N–H and O–H groups in total. The van der Waals surface area contributed by atoms with Crippen molar-refractivity contribution < 1.29 is 4.79 Å². The van der Waals surface area contributed by atoms with Crippen LogP contribution in [0.5, 0.6) is 0 Å². The van der Waals surface area contributed by atoms with Crippen LogP contribution < -0.4 is 10.9 Å². The van der Waals surface area contributed by atoms with Gasteiger partial charge in [-0.2, -0.15) is 0 Å². The number of likely N-dealkylation sites (N-methyl/N-ethyl adjacent to an activating group) is 1. The number of rotatable bonds is 5. The van der Waals surface area contributed by atoms with Crippen LogP contribution in [0.3, 0.4) is 0 Å². The van der Waals surface area contributed by atoms with Crippen LogP contribution in [0.25, 0.3) is 0 Å². The van der Waals surface area contributed by atoms with Crippen LogP contribution in [0.15, 0.2) is 53.3 Å². The monoisotopic (exact) mass is 285 g/mol. The lowest BCUT2D eigenvalue weighted by Gasteiger charge is -2.22. The fraction of sp³-hybridized carbons (Fsp3) is 0.250. The average Bonchev–Trinajstić information content (AvgIpc) is 2.47. The normalized spacial score (nSPS) is 12.1. The van der Waals surface area contributed by atoms with Crippen LogP contribution in [0, 0.1) is 0 Å². The van der Waals surface area contributed by atoms with Gasteiger partial charge in [0.2, 0.25) is 5.56 Å². The van der Waals surface area contributed by atoms with E-state index in [4.69, 9.17) is 0 Å². The number of hydrogen-bond acceptors (Lipinski definition) is 3. The van der Waals surface area contributed by atoms with Gasteiger partial charge in [0, 0.05) is 12.6 Å². The van der Waals surface area contributed by atoms with E-state index in [1.54, 1.807) is 12.1 Å². The molecule has 0 aliphatic heterocycles. The van der Waals surface area contributed by atoms with Gasteiger partial charge in [-0.15, -0.1) is 0 Å².